The third-order valence-corrected chi connectivity index (χ3v) is 3.26. The van der Waals surface area contributed by atoms with Gasteiger partial charge in [0.2, 0.25) is 0 Å². The molecule has 1 aliphatic heterocycles. The van der Waals surface area contributed by atoms with E-state index in [9.17, 15) is 9.59 Å². The summed E-state index contributed by atoms with van der Waals surface area (Å²) in [6, 6.07) is 1.25. The fraction of sp³-hybridized carbons (Fsp3) is 0.333. The van der Waals surface area contributed by atoms with Gasteiger partial charge in [-0.15, -0.1) is 0 Å². The normalized spacial score (nSPS) is 24.5. The molecule has 2 atom stereocenters. The second-order valence-corrected chi connectivity index (χ2v) is 4.51. The molecule has 86 valence electrons. The van der Waals surface area contributed by atoms with Crippen molar-refractivity contribution in [3.05, 3.63) is 42.8 Å². The number of aromatic nitrogens is 2. The fourth-order valence-corrected chi connectivity index (χ4v) is 2.07. The summed E-state index contributed by atoms with van der Waals surface area (Å²) in [6.45, 7) is -0.136. The second-order valence-electron chi connectivity index (χ2n) is 3.27. The predicted molar refractivity (Wildman–Crippen MR) is 64.4 cm³/mol. The minimum Gasteiger partial charge on any atom is -0.393 e. The van der Waals surface area contributed by atoms with Crippen LogP contribution in [0.5, 0.6) is 0 Å². The summed E-state index contributed by atoms with van der Waals surface area (Å²) < 4.78 is 7.52. The number of hydrogen-bond donors (Lipinski definition) is 2. The first kappa shape index (κ1) is 11.6. The summed E-state index contributed by atoms with van der Waals surface area (Å²) in [5.41, 5.74) is -0.979. The van der Waals surface area contributed by atoms with E-state index in [-0.39, 0.29) is 6.61 Å². The molecule has 7 heteroatoms. The Hall–Kier alpha value is -0.930. The Morgan fingerprint density at radius 1 is 1.56 bits per heavy atom. The third-order valence-electron chi connectivity index (χ3n) is 2.20. The van der Waals surface area contributed by atoms with Crippen LogP contribution in [-0.2, 0) is 4.74 Å². The van der Waals surface area contributed by atoms with Crippen molar-refractivity contribution in [2.45, 2.75) is 12.3 Å². The molecule has 1 aromatic rings. The lowest BCUT2D eigenvalue weighted by Gasteiger charge is -2.14. The number of hydrogen-bond acceptors (Lipinski definition) is 4. The highest BCUT2D eigenvalue weighted by Gasteiger charge is 2.26. The van der Waals surface area contributed by atoms with E-state index >= 15 is 0 Å². The number of rotatable bonds is 2. The van der Waals surface area contributed by atoms with Crippen molar-refractivity contribution < 1.29 is 9.84 Å². The highest BCUT2D eigenvalue weighted by molar-refractivity contribution is 14.1. The molecule has 0 amide bonds. The van der Waals surface area contributed by atoms with Gasteiger partial charge in [-0.05, 0) is 28.7 Å². The van der Waals surface area contributed by atoms with Gasteiger partial charge < -0.3 is 9.84 Å². The lowest BCUT2D eigenvalue weighted by Crippen LogP contribution is -2.31. The van der Waals surface area contributed by atoms with Crippen LogP contribution >= 0.6 is 22.6 Å². The van der Waals surface area contributed by atoms with Crippen molar-refractivity contribution in [3.63, 3.8) is 0 Å². The average Bonchev–Trinajstić information content (AvgIpc) is 2.59. The van der Waals surface area contributed by atoms with Crippen molar-refractivity contribution in [1.29, 1.82) is 0 Å². The summed E-state index contributed by atoms with van der Waals surface area (Å²) in [6.07, 6.45) is 2.12. The monoisotopic (exact) mass is 336 g/mol. The molecule has 0 aromatic carbocycles. The molecular weight excluding hydrogens is 327 g/mol. The maximum atomic E-state index is 11.5. The van der Waals surface area contributed by atoms with Gasteiger partial charge in [0, 0.05) is 15.8 Å². The first-order valence-electron chi connectivity index (χ1n) is 4.57. The zero-order valence-electron chi connectivity index (χ0n) is 8.09. The first-order chi connectivity index (χ1) is 7.61. The van der Waals surface area contributed by atoms with Crippen LogP contribution in [0.15, 0.2) is 31.5 Å². The minimum atomic E-state index is -0.576. The molecule has 0 radical (unpaired) electrons. The van der Waals surface area contributed by atoms with E-state index in [1.54, 1.807) is 6.08 Å². The zero-order valence-corrected chi connectivity index (χ0v) is 10.2. The number of aromatic amines is 1. The Morgan fingerprint density at radius 3 is 2.88 bits per heavy atom. The largest absolute Gasteiger partial charge is 0.393 e. The van der Waals surface area contributed by atoms with Crippen molar-refractivity contribution in [3.8, 4) is 0 Å². The number of nitrogens with zero attached hydrogens (tertiary/aromatic N) is 1. The van der Waals surface area contributed by atoms with Gasteiger partial charge in [-0.25, -0.2) is 4.79 Å². The topological polar surface area (TPSA) is 84.3 Å². The van der Waals surface area contributed by atoms with Crippen LogP contribution < -0.4 is 11.2 Å². The molecule has 0 bridgehead atoms. The number of ether oxygens (including phenoxy) is 1. The average molecular weight is 336 g/mol. The molecule has 6 nitrogen and oxygen atoms in total. The van der Waals surface area contributed by atoms with Gasteiger partial charge in [0.1, 0.15) is 6.10 Å². The highest BCUT2D eigenvalue weighted by atomic mass is 127. The second kappa shape index (κ2) is 4.52. The van der Waals surface area contributed by atoms with Crippen LogP contribution in [0.25, 0.3) is 0 Å². The van der Waals surface area contributed by atoms with Crippen molar-refractivity contribution in [2.75, 3.05) is 6.61 Å². The molecule has 0 saturated heterocycles. The Morgan fingerprint density at radius 2 is 2.31 bits per heavy atom. The summed E-state index contributed by atoms with van der Waals surface area (Å²) >= 11 is 2.04. The van der Waals surface area contributed by atoms with Crippen LogP contribution in [0.2, 0.25) is 0 Å². The molecule has 0 unspecified atom stereocenters. The fourth-order valence-electron chi connectivity index (χ4n) is 1.42. The van der Waals surface area contributed by atoms with Gasteiger partial charge >= 0.3 is 5.69 Å². The van der Waals surface area contributed by atoms with Gasteiger partial charge in [-0.2, -0.15) is 0 Å². The number of H-pyrrole nitrogens is 1. The SMILES string of the molecule is O=c1ccn([C@H]2C=C(I)[C@@H](CO)O2)c(=O)[nH]1. The van der Waals surface area contributed by atoms with E-state index in [1.165, 1.54) is 16.8 Å². The zero-order chi connectivity index (χ0) is 11.7. The van der Waals surface area contributed by atoms with Gasteiger partial charge in [-0.3, -0.25) is 14.3 Å². The summed E-state index contributed by atoms with van der Waals surface area (Å²) in [5.74, 6) is 0. The maximum absolute atomic E-state index is 11.5. The standard InChI is InChI=1S/C9H9IN2O4/c10-5-3-8(16-6(5)4-13)12-2-1-7(14)11-9(12)15/h1-3,6,8,13H,4H2,(H,11,14,15)/t6-,8-/m1/s1. The van der Waals surface area contributed by atoms with Crippen LogP contribution in [0, 0.1) is 0 Å². The van der Waals surface area contributed by atoms with E-state index in [1.807, 2.05) is 22.6 Å². The van der Waals surface area contributed by atoms with E-state index in [0.29, 0.717) is 0 Å². The molecule has 0 saturated carbocycles. The van der Waals surface area contributed by atoms with Crippen molar-refractivity contribution in [2.24, 2.45) is 0 Å². The lowest BCUT2D eigenvalue weighted by molar-refractivity contribution is -0.0109. The van der Waals surface area contributed by atoms with Gasteiger partial charge in [0.05, 0.1) is 6.61 Å². The highest BCUT2D eigenvalue weighted by Crippen LogP contribution is 2.29. The molecule has 0 aliphatic carbocycles. The number of aliphatic hydroxyl groups excluding tert-OH is 1. The quantitative estimate of drug-likeness (QED) is 0.730. The van der Waals surface area contributed by atoms with Crippen LogP contribution in [0.1, 0.15) is 6.23 Å². The lowest BCUT2D eigenvalue weighted by atomic mass is 10.4. The van der Waals surface area contributed by atoms with Gasteiger partial charge in [-0.1, -0.05) is 0 Å². The molecule has 16 heavy (non-hydrogen) atoms. The van der Waals surface area contributed by atoms with Crippen molar-refractivity contribution in [1.82, 2.24) is 9.55 Å². The van der Waals surface area contributed by atoms with Gasteiger partial charge in [0.25, 0.3) is 5.56 Å². The maximum Gasteiger partial charge on any atom is 0.330 e. The molecule has 0 spiro atoms. The van der Waals surface area contributed by atoms with Gasteiger partial charge in [0.15, 0.2) is 6.23 Å². The van der Waals surface area contributed by atoms with E-state index in [4.69, 9.17) is 9.84 Å². The van der Waals surface area contributed by atoms with E-state index in [2.05, 4.69) is 4.98 Å². The third kappa shape index (κ3) is 2.11. The summed E-state index contributed by atoms with van der Waals surface area (Å²) in [5, 5.41) is 9.00. The van der Waals surface area contributed by atoms with Crippen LogP contribution in [0.3, 0.4) is 0 Å². The molecule has 2 N–H and O–H groups in total. The smallest absolute Gasteiger partial charge is 0.330 e. The number of aliphatic hydroxyl groups is 1. The minimum absolute atomic E-state index is 0.136. The Kier molecular flexibility index (Phi) is 3.26. The van der Waals surface area contributed by atoms with Crippen LogP contribution in [-0.4, -0.2) is 27.4 Å². The Balaban J connectivity index is 2.34. The first-order valence-corrected chi connectivity index (χ1v) is 5.64. The van der Waals surface area contributed by atoms with Crippen molar-refractivity contribution >= 4 is 22.6 Å². The number of halogens is 1. The molecule has 2 heterocycles. The molecular formula is C9H9IN2O4. The number of nitrogens with one attached hydrogen (secondary N) is 1. The van der Waals surface area contributed by atoms with E-state index < -0.39 is 23.6 Å². The predicted octanol–water partition coefficient (Wildman–Crippen LogP) is -0.255. The molecule has 1 aromatic heterocycles. The summed E-state index contributed by atoms with van der Waals surface area (Å²) in [4.78, 5) is 24.5. The molecule has 1 aliphatic rings. The molecule has 2 rings (SSSR count). The van der Waals surface area contributed by atoms with Crippen LogP contribution in [0.4, 0.5) is 0 Å². The molecule has 0 fully saturated rings. The Labute approximate surface area is 104 Å². The Bertz CT molecular complexity index is 533. The summed E-state index contributed by atoms with van der Waals surface area (Å²) in [7, 11) is 0. The van der Waals surface area contributed by atoms with E-state index in [0.717, 1.165) is 3.58 Å².